The molecule has 1 unspecified atom stereocenters. The third-order valence-electron chi connectivity index (χ3n) is 1.58. The number of nitrogens with one attached hydrogen (secondary N) is 1. The number of rotatable bonds is 2. The van der Waals surface area contributed by atoms with Crippen molar-refractivity contribution in [3.05, 3.63) is 34.3 Å². The number of benzene rings is 1. The van der Waals surface area contributed by atoms with Crippen LogP contribution in [0.5, 0.6) is 0 Å². The fraction of sp³-hybridized carbons (Fsp3) is 0.125. The van der Waals surface area contributed by atoms with Crippen LogP contribution in [-0.2, 0) is 4.79 Å². The first-order valence-corrected chi connectivity index (χ1v) is 4.90. The van der Waals surface area contributed by atoms with E-state index in [1.807, 2.05) is 24.3 Å². The molecular weight excluding hydrogens is 252 g/mol. The van der Waals surface area contributed by atoms with E-state index in [-0.39, 0.29) is 5.91 Å². The third-order valence-corrected chi connectivity index (χ3v) is 2.64. The predicted molar refractivity (Wildman–Crippen MR) is 58.2 cm³/mol. The van der Waals surface area contributed by atoms with Gasteiger partial charge in [-0.2, -0.15) is 12.6 Å². The van der Waals surface area contributed by atoms with Crippen molar-refractivity contribution in [1.82, 2.24) is 5.43 Å². The molecule has 0 aromatic heterocycles. The number of carbonyl (C=O) groups excluding carboxylic acids is 1. The number of hydrogen-bond donors (Lipinski definition) is 3. The van der Waals surface area contributed by atoms with Crippen LogP contribution in [0.1, 0.15) is 10.8 Å². The summed E-state index contributed by atoms with van der Waals surface area (Å²) in [5, 5.41) is -0.516. The van der Waals surface area contributed by atoms with E-state index in [0.29, 0.717) is 0 Å². The van der Waals surface area contributed by atoms with Gasteiger partial charge in [-0.3, -0.25) is 10.2 Å². The maximum Gasteiger partial charge on any atom is 0.251 e. The molecule has 0 spiro atoms. The second kappa shape index (κ2) is 4.64. The van der Waals surface area contributed by atoms with E-state index in [4.69, 9.17) is 5.84 Å². The second-order valence-electron chi connectivity index (χ2n) is 2.46. The molecule has 13 heavy (non-hydrogen) atoms. The molecule has 0 bridgehead atoms. The summed E-state index contributed by atoms with van der Waals surface area (Å²) in [4.78, 5) is 11.1. The first-order chi connectivity index (χ1) is 6.15. The van der Waals surface area contributed by atoms with Crippen molar-refractivity contribution in [2.24, 2.45) is 5.84 Å². The highest BCUT2D eigenvalue weighted by Crippen LogP contribution is 2.21. The van der Waals surface area contributed by atoms with E-state index < -0.39 is 5.25 Å². The quantitative estimate of drug-likeness (QED) is 0.326. The number of thiol groups is 1. The lowest BCUT2D eigenvalue weighted by Crippen LogP contribution is -2.32. The highest BCUT2D eigenvalue weighted by molar-refractivity contribution is 9.10. The zero-order chi connectivity index (χ0) is 9.84. The molecule has 0 heterocycles. The van der Waals surface area contributed by atoms with Gasteiger partial charge in [0, 0.05) is 4.47 Å². The molecule has 0 aliphatic heterocycles. The van der Waals surface area contributed by atoms with Gasteiger partial charge in [0.15, 0.2) is 0 Å². The molecule has 0 saturated carbocycles. The van der Waals surface area contributed by atoms with E-state index in [2.05, 4.69) is 34.0 Å². The van der Waals surface area contributed by atoms with Crippen molar-refractivity contribution in [2.45, 2.75) is 5.25 Å². The molecule has 0 saturated heterocycles. The van der Waals surface area contributed by atoms with E-state index >= 15 is 0 Å². The lowest BCUT2D eigenvalue weighted by atomic mass is 10.1. The van der Waals surface area contributed by atoms with Gasteiger partial charge in [0.05, 0.1) is 0 Å². The standard InChI is InChI=1S/C8H9BrN2OS/c9-6-3-1-5(2-4-6)7(13)8(12)11-10/h1-4,7,13H,10H2,(H,11,12). The Morgan fingerprint density at radius 2 is 2.00 bits per heavy atom. The molecule has 0 fully saturated rings. The van der Waals surface area contributed by atoms with Gasteiger partial charge < -0.3 is 0 Å². The first-order valence-electron chi connectivity index (χ1n) is 3.59. The van der Waals surface area contributed by atoms with Crippen molar-refractivity contribution in [3.8, 4) is 0 Å². The lowest BCUT2D eigenvalue weighted by Gasteiger charge is -2.08. The molecule has 1 aromatic rings. The molecule has 3 N–H and O–H groups in total. The summed E-state index contributed by atoms with van der Waals surface area (Å²) < 4.78 is 0.963. The highest BCUT2D eigenvalue weighted by atomic mass is 79.9. The Hall–Kier alpha value is -0.520. The van der Waals surface area contributed by atoms with Crippen LogP contribution in [0.2, 0.25) is 0 Å². The van der Waals surface area contributed by atoms with Crippen LogP contribution in [0.4, 0.5) is 0 Å². The average molecular weight is 261 g/mol. The minimum atomic E-state index is -0.516. The van der Waals surface area contributed by atoms with Crippen molar-refractivity contribution in [2.75, 3.05) is 0 Å². The Bertz CT molecular complexity index is 302. The molecule has 5 heteroatoms. The first kappa shape index (κ1) is 10.6. The topological polar surface area (TPSA) is 55.1 Å². The van der Waals surface area contributed by atoms with Crippen LogP contribution in [0.25, 0.3) is 0 Å². The van der Waals surface area contributed by atoms with Crippen LogP contribution in [0.15, 0.2) is 28.7 Å². The van der Waals surface area contributed by atoms with Crippen LogP contribution >= 0.6 is 28.6 Å². The molecule has 0 radical (unpaired) electrons. The van der Waals surface area contributed by atoms with Crippen molar-refractivity contribution < 1.29 is 4.79 Å². The molecule has 1 aromatic carbocycles. The smallest absolute Gasteiger partial charge is 0.251 e. The summed E-state index contributed by atoms with van der Waals surface area (Å²) >= 11 is 7.42. The Balaban J connectivity index is 2.83. The fourth-order valence-electron chi connectivity index (χ4n) is 0.875. The van der Waals surface area contributed by atoms with E-state index in [1.165, 1.54) is 0 Å². The summed E-state index contributed by atoms with van der Waals surface area (Å²) in [5.41, 5.74) is 2.87. The highest BCUT2D eigenvalue weighted by Gasteiger charge is 2.13. The molecule has 1 amide bonds. The number of amides is 1. The van der Waals surface area contributed by atoms with Crippen LogP contribution in [0.3, 0.4) is 0 Å². The van der Waals surface area contributed by atoms with Crippen molar-refractivity contribution >= 4 is 34.5 Å². The maximum absolute atomic E-state index is 11.1. The van der Waals surface area contributed by atoms with Gasteiger partial charge in [0.1, 0.15) is 5.25 Å². The zero-order valence-electron chi connectivity index (χ0n) is 6.70. The molecule has 1 rings (SSSR count). The number of nitrogens with two attached hydrogens (primary N) is 1. The van der Waals surface area contributed by atoms with E-state index in [0.717, 1.165) is 10.0 Å². The summed E-state index contributed by atoms with van der Waals surface area (Å²) in [6.45, 7) is 0. The molecule has 70 valence electrons. The van der Waals surface area contributed by atoms with Crippen LogP contribution in [-0.4, -0.2) is 5.91 Å². The molecular formula is C8H9BrN2OS. The fourth-order valence-corrected chi connectivity index (χ4v) is 1.39. The summed E-state index contributed by atoms with van der Waals surface area (Å²) in [7, 11) is 0. The molecule has 3 nitrogen and oxygen atoms in total. The number of carbonyl (C=O) groups is 1. The Morgan fingerprint density at radius 3 is 2.46 bits per heavy atom. The van der Waals surface area contributed by atoms with Gasteiger partial charge in [-0.25, -0.2) is 5.84 Å². The normalized spacial score (nSPS) is 12.2. The Morgan fingerprint density at radius 1 is 1.46 bits per heavy atom. The van der Waals surface area contributed by atoms with E-state index in [1.54, 1.807) is 0 Å². The number of halogens is 1. The monoisotopic (exact) mass is 260 g/mol. The second-order valence-corrected chi connectivity index (χ2v) is 3.89. The van der Waals surface area contributed by atoms with Gasteiger partial charge in [0.2, 0.25) is 0 Å². The minimum absolute atomic E-state index is 0.314. The lowest BCUT2D eigenvalue weighted by molar-refractivity contribution is -0.120. The number of hydrazine groups is 1. The van der Waals surface area contributed by atoms with Crippen molar-refractivity contribution in [3.63, 3.8) is 0 Å². The van der Waals surface area contributed by atoms with Gasteiger partial charge in [-0.05, 0) is 17.7 Å². The summed E-state index contributed by atoms with van der Waals surface area (Å²) in [6, 6.07) is 7.33. The SMILES string of the molecule is NNC(=O)C(S)c1ccc(Br)cc1. The summed E-state index contributed by atoms with van der Waals surface area (Å²) in [6.07, 6.45) is 0. The minimum Gasteiger partial charge on any atom is -0.293 e. The zero-order valence-corrected chi connectivity index (χ0v) is 9.18. The van der Waals surface area contributed by atoms with Gasteiger partial charge in [0.25, 0.3) is 5.91 Å². The predicted octanol–water partition coefficient (Wildman–Crippen LogP) is 1.41. The Kier molecular flexibility index (Phi) is 3.77. The van der Waals surface area contributed by atoms with Gasteiger partial charge in [-0.15, -0.1) is 0 Å². The average Bonchev–Trinajstić information content (AvgIpc) is 2.17. The van der Waals surface area contributed by atoms with Crippen molar-refractivity contribution in [1.29, 1.82) is 0 Å². The van der Waals surface area contributed by atoms with E-state index in [9.17, 15) is 4.79 Å². The largest absolute Gasteiger partial charge is 0.293 e. The number of hydrogen-bond acceptors (Lipinski definition) is 3. The van der Waals surface area contributed by atoms with Gasteiger partial charge in [-0.1, -0.05) is 28.1 Å². The Labute approximate surface area is 90.2 Å². The van der Waals surface area contributed by atoms with Crippen LogP contribution < -0.4 is 11.3 Å². The molecule has 1 atom stereocenters. The third kappa shape index (κ3) is 2.72. The maximum atomic E-state index is 11.1. The van der Waals surface area contributed by atoms with Crippen LogP contribution in [0, 0.1) is 0 Å². The summed E-state index contributed by atoms with van der Waals surface area (Å²) in [5.74, 6) is 4.67. The molecule has 0 aliphatic rings. The van der Waals surface area contributed by atoms with Gasteiger partial charge >= 0.3 is 0 Å². The molecule has 0 aliphatic carbocycles.